The van der Waals surface area contributed by atoms with Gasteiger partial charge in [-0.3, -0.25) is 4.79 Å². The maximum atomic E-state index is 13.2. The number of anilines is 2. The molecule has 0 unspecified atom stereocenters. The Bertz CT molecular complexity index is 1380. The summed E-state index contributed by atoms with van der Waals surface area (Å²) < 4.78 is 50.9. The largest absolute Gasteiger partial charge is 0.494 e. The SMILES string of the molecule is COc1cnc(NS(=O)(=O)c2ccc(N3C(=O)[C@@H](OCc4ccccc4)[C@H]3[C@H]3COC(C)(C)O3)cc2)nc1. The van der Waals surface area contributed by atoms with E-state index in [9.17, 15) is 13.2 Å². The summed E-state index contributed by atoms with van der Waals surface area (Å²) in [4.78, 5) is 22.7. The second kappa shape index (κ2) is 10.3. The number of carbonyl (C=O) groups is 1. The third kappa shape index (κ3) is 5.34. The van der Waals surface area contributed by atoms with Gasteiger partial charge in [-0.2, -0.15) is 0 Å². The lowest BCUT2D eigenvalue weighted by Crippen LogP contribution is -2.70. The molecule has 3 aromatic rings. The first kappa shape index (κ1) is 26.0. The molecule has 1 aromatic heterocycles. The van der Waals surface area contributed by atoms with Crippen molar-refractivity contribution >= 4 is 27.6 Å². The predicted molar refractivity (Wildman–Crippen MR) is 137 cm³/mol. The summed E-state index contributed by atoms with van der Waals surface area (Å²) in [5.41, 5.74) is 1.47. The molecule has 2 fully saturated rings. The smallest absolute Gasteiger partial charge is 0.264 e. The molecular formula is C26H28N4O7S. The van der Waals surface area contributed by atoms with Gasteiger partial charge in [-0.1, -0.05) is 30.3 Å². The van der Waals surface area contributed by atoms with E-state index in [2.05, 4.69) is 14.7 Å². The Hall–Kier alpha value is -3.58. The minimum Gasteiger partial charge on any atom is -0.494 e. The van der Waals surface area contributed by atoms with Crippen molar-refractivity contribution in [3.63, 3.8) is 0 Å². The molecule has 0 radical (unpaired) electrons. The molecule has 0 aliphatic carbocycles. The second-order valence-electron chi connectivity index (χ2n) is 9.33. The van der Waals surface area contributed by atoms with Crippen LogP contribution in [0.5, 0.6) is 5.75 Å². The van der Waals surface area contributed by atoms with E-state index in [1.54, 1.807) is 17.0 Å². The van der Waals surface area contributed by atoms with Crippen LogP contribution in [0.4, 0.5) is 11.6 Å². The van der Waals surface area contributed by atoms with Crippen LogP contribution >= 0.6 is 0 Å². The Balaban J connectivity index is 1.33. The molecule has 3 atom stereocenters. The first-order valence-corrected chi connectivity index (χ1v) is 13.4. The van der Waals surface area contributed by atoms with Gasteiger partial charge in [-0.05, 0) is 43.7 Å². The number of amides is 1. The average Bonchev–Trinajstić information content (AvgIpc) is 3.27. The lowest BCUT2D eigenvalue weighted by atomic mass is 9.91. The second-order valence-corrected chi connectivity index (χ2v) is 11.0. The normalized spacial score (nSPS) is 22.7. The number of rotatable bonds is 9. The van der Waals surface area contributed by atoms with Crippen LogP contribution in [0, 0.1) is 0 Å². The van der Waals surface area contributed by atoms with Gasteiger partial charge in [0.1, 0.15) is 12.1 Å². The number of methoxy groups -OCH3 is 1. The molecule has 0 spiro atoms. The van der Waals surface area contributed by atoms with Gasteiger partial charge in [0.05, 0.1) is 37.6 Å². The van der Waals surface area contributed by atoms with Crippen molar-refractivity contribution in [3.05, 3.63) is 72.6 Å². The molecule has 38 heavy (non-hydrogen) atoms. The number of sulfonamides is 1. The fourth-order valence-corrected chi connectivity index (χ4v) is 5.36. The van der Waals surface area contributed by atoms with E-state index in [0.717, 1.165) is 5.56 Å². The Morgan fingerprint density at radius 2 is 1.76 bits per heavy atom. The van der Waals surface area contributed by atoms with Crippen molar-refractivity contribution in [1.29, 1.82) is 0 Å². The maximum absolute atomic E-state index is 13.2. The predicted octanol–water partition coefficient (Wildman–Crippen LogP) is 2.74. The fourth-order valence-electron chi connectivity index (χ4n) is 4.40. The third-order valence-corrected chi connectivity index (χ3v) is 7.63. The lowest BCUT2D eigenvalue weighted by Gasteiger charge is -2.48. The maximum Gasteiger partial charge on any atom is 0.264 e. The standard InChI is InChI=1S/C26H28N4O7S/c1-26(2)36-16-21(37-26)22-23(35-15-17-7-5-4-6-8-17)24(31)30(22)18-9-11-20(12-10-18)38(32,33)29-25-27-13-19(34-3)14-28-25/h4-14,21-23H,15-16H2,1-3H3,(H,27,28,29)/t21-,22-,23+/m1/s1. The molecule has 2 aliphatic rings. The molecule has 1 amide bonds. The number of aromatic nitrogens is 2. The van der Waals surface area contributed by atoms with Gasteiger partial charge in [0, 0.05) is 5.69 Å². The van der Waals surface area contributed by atoms with Crippen LogP contribution in [0.25, 0.3) is 0 Å². The number of β-lactam (4-membered cyclic amide) rings is 1. The zero-order valence-electron chi connectivity index (χ0n) is 21.1. The van der Waals surface area contributed by atoms with Crippen molar-refractivity contribution in [3.8, 4) is 5.75 Å². The Labute approximate surface area is 220 Å². The van der Waals surface area contributed by atoms with Crippen LogP contribution in [-0.2, 0) is 35.6 Å². The molecule has 0 saturated carbocycles. The van der Waals surface area contributed by atoms with Crippen LogP contribution < -0.4 is 14.4 Å². The molecule has 5 rings (SSSR count). The number of ether oxygens (including phenoxy) is 4. The highest BCUT2D eigenvalue weighted by atomic mass is 32.2. The monoisotopic (exact) mass is 540 g/mol. The summed E-state index contributed by atoms with van der Waals surface area (Å²) >= 11 is 0. The Morgan fingerprint density at radius 1 is 1.08 bits per heavy atom. The van der Waals surface area contributed by atoms with Gasteiger partial charge in [-0.25, -0.2) is 23.1 Å². The highest BCUT2D eigenvalue weighted by Crippen LogP contribution is 2.38. The van der Waals surface area contributed by atoms with Gasteiger partial charge >= 0.3 is 0 Å². The van der Waals surface area contributed by atoms with Crippen molar-refractivity contribution in [1.82, 2.24) is 9.97 Å². The van der Waals surface area contributed by atoms with Crippen LogP contribution in [0.2, 0.25) is 0 Å². The first-order valence-electron chi connectivity index (χ1n) is 12.0. The van der Waals surface area contributed by atoms with E-state index in [0.29, 0.717) is 18.0 Å². The molecule has 2 aromatic carbocycles. The highest BCUT2D eigenvalue weighted by Gasteiger charge is 2.56. The first-order chi connectivity index (χ1) is 18.2. The molecule has 11 nitrogen and oxygen atoms in total. The molecule has 2 saturated heterocycles. The van der Waals surface area contributed by atoms with Crippen LogP contribution in [0.3, 0.4) is 0 Å². The fraction of sp³-hybridized carbons (Fsp3) is 0.346. The van der Waals surface area contributed by atoms with Crippen molar-refractivity contribution in [2.24, 2.45) is 0 Å². The number of nitrogens with zero attached hydrogens (tertiary/aromatic N) is 3. The van der Waals surface area contributed by atoms with Crippen molar-refractivity contribution in [2.45, 2.75) is 49.4 Å². The van der Waals surface area contributed by atoms with E-state index < -0.39 is 34.1 Å². The van der Waals surface area contributed by atoms with Crippen LogP contribution in [0.15, 0.2) is 71.9 Å². The quantitative estimate of drug-likeness (QED) is 0.407. The van der Waals surface area contributed by atoms with Gasteiger partial charge in [-0.15, -0.1) is 0 Å². The molecule has 3 heterocycles. The van der Waals surface area contributed by atoms with E-state index >= 15 is 0 Å². The number of carbonyl (C=O) groups excluding carboxylic acids is 1. The van der Waals surface area contributed by atoms with Crippen LogP contribution in [-0.4, -0.2) is 62.0 Å². The summed E-state index contributed by atoms with van der Waals surface area (Å²) in [6.45, 7) is 4.20. The number of benzene rings is 2. The summed E-state index contributed by atoms with van der Waals surface area (Å²) in [6, 6.07) is 15.1. The van der Waals surface area contributed by atoms with E-state index in [1.807, 2.05) is 44.2 Å². The minimum absolute atomic E-state index is 0.0105. The summed E-state index contributed by atoms with van der Waals surface area (Å²) in [6.07, 6.45) is 1.57. The zero-order chi connectivity index (χ0) is 26.9. The Morgan fingerprint density at radius 3 is 2.37 bits per heavy atom. The number of hydrogen-bond donors (Lipinski definition) is 1. The zero-order valence-corrected chi connectivity index (χ0v) is 21.9. The molecule has 1 N–H and O–H groups in total. The van der Waals surface area contributed by atoms with E-state index in [4.69, 9.17) is 18.9 Å². The summed E-state index contributed by atoms with van der Waals surface area (Å²) in [7, 11) is -2.50. The molecule has 0 bridgehead atoms. The van der Waals surface area contributed by atoms with Gasteiger partial charge < -0.3 is 23.8 Å². The van der Waals surface area contributed by atoms with Gasteiger partial charge in [0.25, 0.3) is 15.9 Å². The van der Waals surface area contributed by atoms with Gasteiger partial charge in [0.15, 0.2) is 17.6 Å². The number of hydrogen-bond acceptors (Lipinski definition) is 9. The molecule has 2 aliphatic heterocycles. The van der Waals surface area contributed by atoms with E-state index in [-0.39, 0.29) is 23.4 Å². The summed E-state index contributed by atoms with van der Waals surface area (Å²) in [5, 5.41) is 0. The lowest BCUT2D eigenvalue weighted by molar-refractivity contribution is -0.164. The molecule has 12 heteroatoms. The van der Waals surface area contributed by atoms with E-state index in [1.165, 1.54) is 31.6 Å². The Kier molecular flexibility index (Phi) is 7.05. The average molecular weight is 541 g/mol. The minimum atomic E-state index is -3.96. The molecular weight excluding hydrogens is 512 g/mol. The third-order valence-electron chi connectivity index (χ3n) is 6.29. The highest BCUT2D eigenvalue weighted by molar-refractivity contribution is 7.92. The summed E-state index contributed by atoms with van der Waals surface area (Å²) in [5.74, 6) is -0.712. The number of nitrogens with one attached hydrogen (secondary N) is 1. The van der Waals surface area contributed by atoms with Crippen LogP contribution in [0.1, 0.15) is 19.4 Å². The van der Waals surface area contributed by atoms with Gasteiger partial charge in [0.2, 0.25) is 5.95 Å². The van der Waals surface area contributed by atoms with Crippen molar-refractivity contribution < 1.29 is 32.2 Å². The molecule has 200 valence electrons. The topological polar surface area (TPSA) is 129 Å². The van der Waals surface area contributed by atoms with Crippen molar-refractivity contribution in [2.75, 3.05) is 23.3 Å².